The lowest BCUT2D eigenvalue weighted by Gasteiger charge is -2.29. The number of fused-ring (bicyclic) bond motifs is 1. The van der Waals surface area contributed by atoms with E-state index in [1.165, 1.54) is 21.2 Å². The molecule has 2 aromatic rings. The number of rotatable bonds is 5. The van der Waals surface area contributed by atoms with Crippen LogP contribution in [0.5, 0.6) is 11.5 Å². The van der Waals surface area contributed by atoms with Gasteiger partial charge in [-0.2, -0.15) is 0 Å². The summed E-state index contributed by atoms with van der Waals surface area (Å²) < 4.78 is 12.0. The predicted molar refractivity (Wildman–Crippen MR) is 109 cm³/mol. The van der Waals surface area contributed by atoms with Gasteiger partial charge in [-0.1, -0.05) is 46.3 Å². The molecule has 1 aliphatic rings. The summed E-state index contributed by atoms with van der Waals surface area (Å²) in [4.78, 5) is 2.44. The monoisotopic (exact) mass is 423 g/mol. The zero-order chi connectivity index (χ0) is 16.9. The van der Waals surface area contributed by atoms with Crippen molar-refractivity contribution >= 4 is 34.4 Å². The quantitative estimate of drug-likeness (QED) is 0.680. The van der Waals surface area contributed by atoms with E-state index in [4.69, 9.17) is 9.47 Å². The molecular weight excluding hydrogens is 402 g/mol. The first-order valence-corrected chi connectivity index (χ1v) is 8.86. The van der Waals surface area contributed by atoms with Crippen LogP contribution in [0.3, 0.4) is 0 Å². The van der Waals surface area contributed by atoms with Gasteiger partial charge in [0.1, 0.15) is 0 Å². The summed E-state index contributed by atoms with van der Waals surface area (Å²) in [6.45, 7) is 2.87. The van der Waals surface area contributed by atoms with Gasteiger partial charge in [-0.15, -0.1) is 12.4 Å². The zero-order valence-corrected chi connectivity index (χ0v) is 16.9. The Morgan fingerprint density at radius 3 is 2.36 bits per heavy atom. The number of benzene rings is 2. The highest BCUT2D eigenvalue weighted by atomic mass is 79.9. The number of halogens is 2. The van der Waals surface area contributed by atoms with Gasteiger partial charge in [-0.05, 0) is 41.3 Å². The molecule has 0 saturated carbocycles. The van der Waals surface area contributed by atoms with E-state index in [1.54, 1.807) is 14.2 Å². The molecule has 1 heterocycles. The maximum atomic E-state index is 5.43. The van der Waals surface area contributed by atoms with Crippen LogP contribution in [0.15, 0.2) is 46.9 Å². The van der Waals surface area contributed by atoms with Crippen LogP contribution < -0.4 is 9.47 Å². The van der Waals surface area contributed by atoms with Crippen molar-refractivity contribution in [2.75, 3.05) is 27.3 Å². The molecule has 25 heavy (non-hydrogen) atoms. The SMILES string of the molecule is COc1cc2c(cc1OC)CN(C/C(Br)=C/c1ccccc1)CC2.Cl. The highest BCUT2D eigenvalue weighted by Gasteiger charge is 2.19. The Balaban J connectivity index is 0.00000225. The van der Waals surface area contributed by atoms with Gasteiger partial charge in [0, 0.05) is 24.1 Å². The van der Waals surface area contributed by atoms with Crippen molar-refractivity contribution in [3.05, 3.63) is 63.6 Å². The van der Waals surface area contributed by atoms with E-state index in [2.05, 4.69) is 63.3 Å². The van der Waals surface area contributed by atoms with Crippen LogP contribution in [-0.4, -0.2) is 32.2 Å². The highest BCUT2D eigenvalue weighted by molar-refractivity contribution is 9.11. The Morgan fingerprint density at radius 2 is 1.72 bits per heavy atom. The van der Waals surface area contributed by atoms with Crippen LogP contribution in [0.1, 0.15) is 16.7 Å². The van der Waals surface area contributed by atoms with Crippen LogP contribution >= 0.6 is 28.3 Å². The second-order valence-corrected chi connectivity index (χ2v) is 6.96. The van der Waals surface area contributed by atoms with E-state index >= 15 is 0 Å². The van der Waals surface area contributed by atoms with E-state index in [0.717, 1.165) is 37.6 Å². The Labute approximate surface area is 164 Å². The molecule has 0 N–H and O–H groups in total. The second-order valence-electron chi connectivity index (χ2n) is 5.94. The van der Waals surface area contributed by atoms with Gasteiger partial charge < -0.3 is 9.47 Å². The lowest BCUT2D eigenvalue weighted by Crippen LogP contribution is -2.31. The van der Waals surface area contributed by atoms with Crippen LogP contribution in [0.4, 0.5) is 0 Å². The molecule has 0 amide bonds. The zero-order valence-electron chi connectivity index (χ0n) is 14.5. The molecule has 5 heteroatoms. The molecular formula is C20H23BrClNO2. The summed E-state index contributed by atoms with van der Waals surface area (Å²) in [6, 6.07) is 14.6. The van der Waals surface area contributed by atoms with Crippen LogP contribution in [0.25, 0.3) is 6.08 Å². The summed E-state index contributed by atoms with van der Waals surface area (Å²) in [5.41, 5.74) is 3.89. The lowest BCUT2D eigenvalue weighted by atomic mass is 9.99. The number of ether oxygens (including phenoxy) is 2. The van der Waals surface area contributed by atoms with Crippen LogP contribution in [0, 0.1) is 0 Å². The van der Waals surface area contributed by atoms with Crippen molar-refractivity contribution in [3.8, 4) is 11.5 Å². The van der Waals surface area contributed by atoms with E-state index in [1.807, 2.05) is 6.07 Å². The molecule has 3 rings (SSSR count). The molecule has 0 atom stereocenters. The molecule has 0 aliphatic carbocycles. The van der Waals surface area contributed by atoms with Crippen molar-refractivity contribution in [3.63, 3.8) is 0 Å². The third-order valence-corrected chi connectivity index (χ3v) is 4.77. The van der Waals surface area contributed by atoms with E-state index in [-0.39, 0.29) is 12.4 Å². The number of methoxy groups -OCH3 is 2. The molecule has 0 aromatic heterocycles. The van der Waals surface area contributed by atoms with Crippen molar-refractivity contribution in [1.29, 1.82) is 0 Å². The normalized spacial score (nSPS) is 14.4. The Kier molecular flexibility index (Phi) is 7.36. The minimum Gasteiger partial charge on any atom is -0.493 e. The molecule has 1 aliphatic heterocycles. The molecule has 0 radical (unpaired) electrons. The first-order chi connectivity index (χ1) is 11.7. The summed E-state index contributed by atoms with van der Waals surface area (Å²) in [5.74, 6) is 1.62. The highest BCUT2D eigenvalue weighted by Crippen LogP contribution is 2.33. The maximum absolute atomic E-state index is 5.43. The minimum atomic E-state index is 0. The first kappa shape index (κ1) is 19.8. The molecule has 0 spiro atoms. The van der Waals surface area contributed by atoms with E-state index < -0.39 is 0 Å². The Bertz CT molecular complexity index is 734. The number of nitrogens with zero attached hydrogens (tertiary/aromatic N) is 1. The van der Waals surface area contributed by atoms with Gasteiger partial charge in [0.15, 0.2) is 11.5 Å². The van der Waals surface area contributed by atoms with Crippen molar-refractivity contribution in [2.45, 2.75) is 13.0 Å². The van der Waals surface area contributed by atoms with Crippen LogP contribution in [0.2, 0.25) is 0 Å². The van der Waals surface area contributed by atoms with Crippen molar-refractivity contribution < 1.29 is 9.47 Å². The van der Waals surface area contributed by atoms with Gasteiger partial charge in [0.25, 0.3) is 0 Å². The topological polar surface area (TPSA) is 21.7 Å². The average molecular weight is 425 g/mol. The Hall–Kier alpha value is -1.49. The summed E-state index contributed by atoms with van der Waals surface area (Å²) in [6.07, 6.45) is 3.21. The smallest absolute Gasteiger partial charge is 0.161 e. The van der Waals surface area contributed by atoms with Gasteiger partial charge >= 0.3 is 0 Å². The molecule has 0 bridgehead atoms. The summed E-state index contributed by atoms with van der Waals surface area (Å²) in [7, 11) is 3.37. The molecule has 0 unspecified atom stereocenters. The van der Waals surface area contributed by atoms with Gasteiger partial charge in [0.2, 0.25) is 0 Å². The number of hydrogen-bond acceptors (Lipinski definition) is 3. The fourth-order valence-electron chi connectivity index (χ4n) is 3.07. The van der Waals surface area contributed by atoms with Gasteiger partial charge in [-0.3, -0.25) is 4.90 Å². The lowest BCUT2D eigenvalue weighted by molar-refractivity contribution is 0.278. The van der Waals surface area contributed by atoms with E-state index in [0.29, 0.717) is 0 Å². The first-order valence-electron chi connectivity index (χ1n) is 8.07. The van der Waals surface area contributed by atoms with E-state index in [9.17, 15) is 0 Å². The standard InChI is InChI=1S/C20H22BrNO2.ClH/c1-23-19-11-16-8-9-22(13-17(16)12-20(19)24-2)14-18(21)10-15-6-4-3-5-7-15;/h3-7,10-12H,8-9,13-14H2,1-2H3;1H/b18-10-;. The molecule has 2 aromatic carbocycles. The van der Waals surface area contributed by atoms with Gasteiger partial charge in [-0.25, -0.2) is 0 Å². The fraction of sp³-hybridized carbons (Fsp3) is 0.300. The third-order valence-electron chi connectivity index (χ3n) is 4.29. The summed E-state index contributed by atoms with van der Waals surface area (Å²) >= 11 is 3.72. The van der Waals surface area contributed by atoms with Crippen LogP contribution in [-0.2, 0) is 13.0 Å². The third kappa shape index (κ3) is 5.00. The van der Waals surface area contributed by atoms with Crippen molar-refractivity contribution in [2.24, 2.45) is 0 Å². The van der Waals surface area contributed by atoms with Gasteiger partial charge in [0.05, 0.1) is 14.2 Å². The molecule has 0 fully saturated rings. The molecule has 0 saturated heterocycles. The molecule has 134 valence electrons. The summed E-state index contributed by atoms with van der Waals surface area (Å²) in [5, 5.41) is 0. The Morgan fingerprint density at radius 1 is 1.08 bits per heavy atom. The largest absolute Gasteiger partial charge is 0.493 e. The predicted octanol–water partition coefficient (Wildman–Crippen LogP) is 4.92. The average Bonchev–Trinajstić information content (AvgIpc) is 2.61. The second kappa shape index (κ2) is 9.27. The minimum absolute atomic E-state index is 0. The van der Waals surface area contributed by atoms with Crippen molar-refractivity contribution in [1.82, 2.24) is 4.90 Å². The molecule has 3 nitrogen and oxygen atoms in total. The number of hydrogen-bond donors (Lipinski definition) is 0. The fourth-order valence-corrected chi connectivity index (χ4v) is 3.68. The maximum Gasteiger partial charge on any atom is 0.161 e.